The van der Waals surface area contributed by atoms with Gasteiger partial charge >= 0.3 is 5.76 Å². The number of hydrogen-bond donors (Lipinski definition) is 1. The lowest BCUT2D eigenvalue weighted by atomic mass is 10.1. The molecule has 0 aliphatic rings. The van der Waals surface area contributed by atoms with E-state index in [-0.39, 0.29) is 12.5 Å². The van der Waals surface area contributed by atoms with Crippen LogP contribution in [0.5, 0.6) is 0 Å². The molecule has 1 N–H and O–H groups in total. The quantitative estimate of drug-likeness (QED) is 0.804. The van der Waals surface area contributed by atoms with E-state index in [1.807, 2.05) is 32.0 Å². The summed E-state index contributed by atoms with van der Waals surface area (Å²) in [6.45, 7) is 3.84. The monoisotopic (exact) mass is 297 g/mol. The first-order valence-electron chi connectivity index (χ1n) is 6.86. The third-order valence-corrected chi connectivity index (χ3v) is 3.52. The van der Waals surface area contributed by atoms with Crippen molar-refractivity contribution in [1.82, 2.24) is 9.55 Å². The van der Waals surface area contributed by atoms with Gasteiger partial charge in [-0.25, -0.2) is 14.3 Å². The zero-order chi connectivity index (χ0) is 15.7. The highest BCUT2D eigenvalue weighted by Gasteiger charge is 2.13. The summed E-state index contributed by atoms with van der Waals surface area (Å²) >= 11 is 0. The molecule has 3 rings (SSSR count). The number of hydrogen-bond acceptors (Lipinski definition) is 4. The number of nitrogens with one attached hydrogen (secondary N) is 1. The number of anilines is 1. The number of carbonyl (C=O) groups is 1. The van der Waals surface area contributed by atoms with Crippen LogP contribution in [0.1, 0.15) is 11.1 Å². The third kappa shape index (κ3) is 2.63. The Hall–Kier alpha value is -2.89. The predicted molar refractivity (Wildman–Crippen MR) is 82.8 cm³/mol. The predicted octanol–water partition coefficient (Wildman–Crippen LogP) is 2.25. The van der Waals surface area contributed by atoms with E-state index in [1.54, 1.807) is 18.3 Å². The van der Waals surface area contributed by atoms with Crippen molar-refractivity contribution in [1.29, 1.82) is 0 Å². The Kier molecular flexibility index (Phi) is 3.50. The first-order valence-corrected chi connectivity index (χ1v) is 6.86. The molecule has 112 valence electrons. The highest BCUT2D eigenvalue weighted by Crippen LogP contribution is 2.14. The molecular weight excluding hydrogens is 282 g/mol. The molecular formula is C16H15N3O3. The minimum absolute atomic E-state index is 0.143. The molecule has 0 spiro atoms. The number of aryl methyl sites for hydroxylation is 2. The second kappa shape index (κ2) is 5.48. The minimum Gasteiger partial charge on any atom is -0.406 e. The van der Waals surface area contributed by atoms with Crippen LogP contribution in [0.15, 0.2) is 45.7 Å². The number of rotatable bonds is 3. The minimum atomic E-state index is -0.594. The molecule has 0 saturated carbocycles. The van der Waals surface area contributed by atoms with Crippen LogP contribution in [0.2, 0.25) is 0 Å². The molecule has 0 aliphatic heterocycles. The van der Waals surface area contributed by atoms with Crippen LogP contribution in [0.4, 0.5) is 5.69 Å². The number of nitrogens with zero attached hydrogens (tertiary/aromatic N) is 2. The van der Waals surface area contributed by atoms with Crippen LogP contribution in [-0.4, -0.2) is 15.5 Å². The molecule has 1 amide bonds. The second-order valence-electron chi connectivity index (χ2n) is 5.13. The van der Waals surface area contributed by atoms with E-state index in [0.29, 0.717) is 16.9 Å². The maximum atomic E-state index is 12.1. The van der Waals surface area contributed by atoms with Gasteiger partial charge in [-0.1, -0.05) is 6.07 Å². The number of aromatic nitrogens is 2. The first-order chi connectivity index (χ1) is 10.5. The van der Waals surface area contributed by atoms with Crippen molar-refractivity contribution in [3.05, 3.63) is 58.2 Å². The van der Waals surface area contributed by atoms with E-state index in [4.69, 9.17) is 4.42 Å². The standard InChI is InChI=1S/C16H15N3O3/c1-10-5-6-12(8-11(10)2)18-14(20)9-19-15-13(22-16(19)21)4-3-7-17-15/h3-8H,9H2,1-2H3,(H,18,20). The Balaban J connectivity index is 1.82. The zero-order valence-electron chi connectivity index (χ0n) is 12.3. The fourth-order valence-corrected chi connectivity index (χ4v) is 2.20. The first kappa shape index (κ1) is 14.1. The van der Waals surface area contributed by atoms with E-state index in [1.165, 1.54) is 4.57 Å². The van der Waals surface area contributed by atoms with Gasteiger partial charge in [-0.2, -0.15) is 0 Å². The Morgan fingerprint density at radius 3 is 2.86 bits per heavy atom. The lowest BCUT2D eigenvalue weighted by Gasteiger charge is -2.07. The van der Waals surface area contributed by atoms with Gasteiger partial charge in [0.1, 0.15) is 6.54 Å². The van der Waals surface area contributed by atoms with E-state index >= 15 is 0 Å². The molecule has 0 bridgehead atoms. The van der Waals surface area contributed by atoms with Crippen LogP contribution in [0, 0.1) is 13.8 Å². The molecule has 6 heteroatoms. The number of pyridine rings is 1. The topological polar surface area (TPSA) is 77.1 Å². The normalized spacial score (nSPS) is 10.8. The molecule has 2 heterocycles. The Morgan fingerprint density at radius 2 is 2.09 bits per heavy atom. The summed E-state index contributed by atoms with van der Waals surface area (Å²) in [6, 6.07) is 8.97. The van der Waals surface area contributed by atoms with Crippen molar-refractivity contribution in [2.24, 2.45) is 0 Å². The van der Waals surface area contributed by atoms with Crippen LogP contribution in [0.25, 0.3) is 11.2 Å². The molecule has 0 aliphatic carbocycles. The summed E-state index contributed by atoms with van der Waals surface area (Å²) in [7, 11) is 0. The lowest BCUT2D eigenvalue weighted by Crippen LogP contribution is -2.25. The fourth-order valence-electron chi connectivity index (χ4n) is 2.20. The zero-order valence-corrected chi connectivity index (χ0v) is 12.3. The number of fused-ring (bicyclic) bond motifs is 1. The van der Waals surface area contributed by atoms with Crippen LogP contribution in [-0.2, 0) is 11.3 Å². The number of carbonyl (C=O) groups excluding carboxylic acids is 1. The molecule has 0 saturated heterocycles. The third-order valence-electron chi connectivity index (χ3n) is 3.52. The van der Waals surface area contributed by atoms with Crippen LogP contribution in [0.3, 0.4) is 0 Å². The van der Waals surface area contributed by atoms with Crippen LogP contribution < -0.4 is 11.1 Å². The fraction of sp³-hybridized carbons (Fsp3) is 0.188. The van der Waals surface area contributed by atoms with Crippen molar-refractivity contribution in [3.8, 4) is 0 Å². The highest BCUT2D eigenvalue weighted by atomic mass is 16.4. The summed E-state index contributed by atoms with van der Waals surface area (Å²) in [5.41, 5.74) is 3.67. The van der Waals surface area contributed by atoms with Gasteiger partial charge in [0.15, 0.2) is 11.2 Å². The smallest absolute Gasteiger partial charge is 0.406 e. The summed E-state index contributed by atoms with van der Waals surface area (Å²) in [6.07, 6.45) is 1.55. The Morgan fingerprint density at radius 1 is 1.27 bits per heavy atom. The molecule has 0 fully saturated rings. The van der Waals surface area contributed by atoms with Gasteiger partial charge in [0.25, 0.3) is 0 Å². The average molecular weight is 297 g/mol. The van der Waals surface area contributed by atoms with Crippen molar-refractivity contribution in [2.75, 3.05) is 5.32 Å². The average Bonchev–Trinajstić information content (AvgIpc) is 2.79. The second-order valence-corrected chi connectivity index (χ2v) is 5.13. The molecule has 0 unspecified atom stereocenters. The van der Waals surface area contributed by atoms with E-state index < -0.39 is 5.76 Å². The Bertz CT molecular complexity index is 908. The molecule has 0 radical (unpaired) electrons. The summed E-state index contributed by atoms with van der Waals surface area (Å²) in [5.74, 6) is -0.900. The van der Waals surface area contributed by atoms with Crippen molar-refractivity contribution >= 4 is 22.8 Å². The number of benzene rings is 1. The maximum Gasteiger partial charge on any atom is 0.421 e. The van der Waals surface area contributed by atoms with E-state index in [9.17, 15) is 9.59 Å². The summed E-state index contributed by atoms with van der Waals surface area (Å²) < 4.78 is 6.26. The van der Waals surface area contributed by atoms with Gasteiger partial charge in [-0.3, -0.25) is 4.79 Å². The van der Waals surface area contributed by atoms with Crippen molar-refractivity contribution < 1.29 is 9.21 Å². The molecule has 6 nitrogen and oxygen atoms in total. The van der Waals surface area contributed by atoms with E-state index in [2.05, 4.69) is 10.3 Å². The molecule has 22 heavy (non-hydrogen) atoms. The molecule has 3 aromatic rings. The number of oxazole rings is 1. The highest BCUT2D eigenvalue weighted by molar-refractivity contribution is 5.91. The SMILES string of the molecule is Cc1ccc(NC(=O)Cn2c(=O)oc3cccnc32)cc1C. The molecule has 1 aromatic carbocycles. The maximum absolute atomic E-state index is 12.1. The van der Waals surface area contributed by atoms with Crippen LogP contribution >= 0.6 is 0 Å². The summed E-state index contributed by atoms with van der Waals surface area (Å²) in [5, 5.41) is 2.77. The van der Waals surface area contributed by atoms with Crippen molar-refractivity contribution in [2.45, 2.75) is 20.4 Å². The van der Waals surface area contributed by atoms with Gasteiger partial charge in [0, 0.05) is 11.9 Å². The largest absolute Gasteiger partial charge is 0.421 e. The molecule has 0 atom stereocenters. The number of amides is 1. The van der Waals surface area contributed by atoms with Gasteiger partial charge in [0.05, 0.1) is 0 Å². The summed E-state index contributed by atoms with van der Waals surface area (Å²) in [4.78, 5) is 28.0. The molecule has 2 aromatic heterocycles. The Labute approximate surface area is 126 Å². The lowest BCUT2D eigenvalue weighted by molar-refractivity contribution is -0.116. The van der Waals surface area contributed by atoms with E-state index in [0.717, 1.165) is 11.1 Å². The van der Waals surface area contributed by atoms with Gasteiger partial charge in [0.2, 0.25) is 5.91 Å². The van der Waals surface area contributed by atoms with Gasteiger partial charge in [-0.05, 0) is 49.2 Å². The van der Waals surface area contributed by atoms with Gasteiger partial charge in [-0.15, -0.1) is 0 Å². The van der Waals surface area contributed by atoms with Crippen molar-refractivity contribution in [3.63, 3.8) is 0 Å². The van der Waals surface area contributed by atoms with Gasteiger partial charge < -0.3 is 9.73 Å².